The summed E-state index contributed by atoms with van der Waals surface area (Å²) in [4.78, 5) is 4.28. The highest BCUT2D eigenvalue weighted by atomic mass is 32.1. The number of aliphatic hydroxyl groups is 1. The predicted molar refractivity (Wildman–Crippen MR) is 69.7 cm³/mol. The number of nitrogens with zero attached hydrogens (tertiary/aromatic N) is 1. The maximum Gasteiger partial charge on any atom is 0.109 e. The summed E-state index contributed by atoms with van der Waals surface area (Å²) in [7, 11) is 0. The first kappa shape index (κ1) is 12.2. The molecule has 0 saturated carbocycles. The summed E-state index contributed by atoms with van der Waals surface area (Å²) in [6, 6.07) is 8.24. The molecule has 1 unspecified atom stereocenters. The summed E-state index contributed by atoms with van der Waals surface area (Å²) < 4.78 is 0. The Hall–Kier alpha value is -1.23. The second kappa shape index (κ2) is 5.91. The molecular formula is C13H16N2OS. The first-order chi connectivity index (χ1) is 8.29. The van der Waals surface area contributed by atoms with Gasteiger partial charge in [0.05, 0.1) is 12.6 Å². The van der Waals surface area contributed by atoms with Gasteiger partial charge in [-0.1, -0.05) is 24.3 Å². The molecule has 3 nitrogen and oxygen atoms in total. The van der Waals surface area contributed by atoms with Crippen LogP contribution in [0.2, 0.25) is 0 Å². The normalized spacial score (nSPS) is 12.6. The Kier molecular flexibility index (Phi) is 4.25. The number of rotatable bonds is 5. The molecule has 0 fully saturated rings. The van der Waals surface area contributed by atoms with Crippen LogP contribution in [0, 0.1) is 0 Å². The van der Waals surface area contributed by atoms with E-state index in [1.165, 1.54) is 5.56 Å². The van der Waals surface area contributed by atoms with Gasteiger partial charge in [-0.2, -0.15) is 0 Å². The molecule has 17 heavy (non-hydrogen) atoms. The second-order valence-electron chi connectivity index (χ2n) is 3.95. The maximum absolute atomic E-state index is 8.95. The summed E-state index contributed by atoms with van der Waals surface area (Å²) >= 11 is 1.67. The van der Waals surface area contributed by atoms with E-state index in [2.05, 4.69) is 17.2 Å². The molecule has 0 aliphatic rings. The zero-order chi connectivity index (χ0) is 12.1. The van der Waals surface area contributed by atoms with Gasteiger partial charge in [0.2, 0.25) is 0 Å². The third-order valence-electron chi connectivity index (χ3n) is 2.64. The van der Waals surface area contributed by atoms with Crippen molar-refractivity contribution in [2.75, 3.05) is 0 Å². The van der Waals surface area contributed by atoms with Crippen molar-refractivity contribution in [2.45, 2.75) is 26.1 Å². The number of hydrogen-bond acceptors (Lipinski definition) is 4. The van der Waals surface area contributed by atoms with Crippen LogP contribution in [0.3, 0.4) is 0 Å². The van der Waals surface area contributed by atoms with Crippen LogP contribution >= 0.6 is 11.3 Å². The van der Waals surface area contributed by atoms with Crippen molar-refractivity contribution in [3.8, 4) is 0 Å². The van der Waals surface area contributed by atoms with Gasteiger partial charge in [-0.15, -0.1) is 11.3 Å². The van der Waals surface area contributed by atoms with E-state index in [9.17, 15) is 0 Å². The summed E-state index contributed by atoms with van der Waals surface area (Å²) in [5.74, 6) is 0. The van der Waals surface area contributed by atoms with Crippen LogP contribution in [0.4, 0.5) is 0 Å². The lowest BCUT2D eigenvalue weighted by molar-refractivity contribution is 0.282. The molecular weight excluding hydrogens is 232 g/mol. The van der Waals surface area contributed by atoms with Crippen molar-refractivity contribution >= 4 is 11.3 Å². The summed E-state index contributed by atoms with van der Waals surface area (Å²) in [5.41, 5.74) is 2.16. The van der Waals surface area contributed by atoms with Crippen LogP contribution in [-0.4, -0.2) is 10.1 Å². The monoisotopic (exact) mass is 248 g/mol. The molecule has 1 atom stereocenters. The van der Waals surface area contributed by atoms with E-state index in [-0.39, 0.29) is 12.6 Å². The third kappa shape index (κ3) is 3.36. The van der Waals surface area contributed by atoms with Crippen LogP contribution in [0.25, 0.3) is 0 Å². The lowest BCUT2D eigenvalue weighted by atomic mass is 10.1. The van der Waals surface area contributed by atoms with E-state index >= 15 is 0 Å². The van der Waals surface area contributed by atoms with Gasteiger partial charge in [0, 0.05) is 18.1 Å². The van der Waals surface area contributed by atoms with Gasteiger partial charge < -0.3 is 10.4 Å². The topological polar surface area (TPSA) is 45.1 Å². The summed E-state index contributed by atoms with van der Waals surface area (Å²) in [6.45, 7) is 3.02. The molecule has 90 valence electrons. The molecule has 0 radical (unpaired) electrons. The molecule has 0 amide bonds. The van der Waals surface area contributed by atoms with E-state index in [0.29, 0.717) is 0 Å². The van der Waals surface area contributed by atoms with E-state index in [4.69, 9.17) is 5.11 Å². The first-order valence-electron chi connectivity index (χ1n) is 5.61. The van der Waals surface area contributed by atoms with Crippen molar-refractivity contribution < 1.29 is 5.11 Å². The fourth-order valence-corrected chi connectivity index (χ4v) is 2.24. The number of benzene rings is 1. The van der Waals surface area contributed by atoms with Crippen molar-refractivity contribution in [1.29, 1.82) is 0 Å². The van der Waals surface area contributed by atoms with Gasteiger partial charge in [-0.3, -0.25) is 0 Å². The van der Waals surface area contributed by atoms with E-state index in [0.717, 1.165) is 17.1 Å². The zero-order valence-electron chi connectivity index (χ0n) is 9.76. The minimum absolute atomic E-state index is 0.100. The first-order valence-corrected chi connectivity index (χ1v) is 6.49. The zero-order valence-corrected chi connectivity index (χ0v) is 10.6. The SMILES string of the molecule is CC(NCc1ccc(CO)cc1)c1nccs1. The summed E-state index contributed by atoms with van der Waals surface area (Å²) in [6.07, 6.45) is 1.83. The molecule has 1 heterocycles. The van der Waals surface area contributed by atoms with Crippen molar-refractivity contribution in [2.24, 2.45) is 0 Å². The van der Waals surface area contributed by atoms with Gasteiger partial charge in [-0.05, 0) is 18.1 Å². The van der Waals surface area contributed by atoms with Crippen LogP contribution in [-0.2, 0) is 13.2 Å². The highest BCUT2D eigenvalue weighted by Gasteiger charge is 2.06. The largest absolute Gasteiger partial charge is 0.392 e. The Morgan fingerprint density at radius 1 is 1.29 bits per heavy atom. The van der Waals surface area contributed by atoms with Crippen LogP contribution in [0.15, 0.2) is 35.8 Å². The quantitative estimate of drug-likeness (QED) is 0.854. The van der Waals surface area contributed by atoms with Gasteiger partial charge in [0.1, 0.15) is 5.01 Å². The number of aliphatic hydroxyl groups excluding tert-OH is 1. The molecule has 0 spiro atoms. The third-order valence-corrected chi connectivity index (χ3v) is 3.60. The fraction of sp³-hybridized carbons (Fsp3) is 0.308. The molecule has 0 bridgehead atoms. The lowest BCUT2D eigenvalue weighted by Gasteiger charge is -2.11. The molecule has 1 aromatic carbocycles. The Balaban J connectivity index is 1.89. The van der Waals surface area contributed by atoms with Gasteiger partial charge in [-0.25, -0.2) is 4.98 Å². The molecule has 2 rings (SSSR count). The van der Waals surface area contributed by atoms with Crippen molar-refractivity contribution in [3.63, 3.8) is 0 Å². The molecule has 0 aliphatic carbocycles. The molecule has 2 aromatic rings. The van der Waals surface area contributed by atoms with Crippen LogP contribution in [0.5, 0.6) is 0 Å². The van der Waals surface area contributed by atoms with E-state index in [1.807, 2.05) is 35.8 Å². The second-order valence-corrected chi connectivity index (χ2v) is 4.87. The average molecular weight is 248 g/mol. The van der Waals surface area contributed by atoms with Crippen molar-refractivity contribution in [3.05, 3.63) is 52.0 Å². The minimum atomic E-state index is 0.100. The van der Waals surface area contributed by atoms with Crippen molar-refractivity contribution in [1.82, 2.24) is 10.3 Å². The van der Waals surface area contributed by atoms with Gasteiger partial charge >= 0.3 is 0 Å². The Labute approximate surface area is 105 Å². The Bertz CT molecular complexity index is 439. The molecule has 4 heteroatoms. The lowest BCUT2D eigenvalue weighted by Crippen LogP contribution is -2.17. The molecule has 1 aromatic heterocycles. The van der Waals surface area contributed by atoms with Crippen LogP contribution in [0.1, 0.15) is 29.1 Å². The minimum Gasteiger partial charge on any atom is -0.392 e. The standard InChI is InChI=1S/C13H16N2OS/c1-10(13-14-6-7-17-13)15-8-11-2-4-12(9-16)5-3-11/h2-7,10,15-16H,8-9H2,1H3. The number of aromatic nitrogens is 1. The smallest absolute Gasteiger partial charge is 0.109 e. The number of hydrogen-bond donors (Lipinski definition) is 2. The Morgan fingerprint density at radius 3 is 2.59 bits per heavy atom. The van der Waals surface area contributed by atoms with Gasteiger partial charge in [0.25, 0.3) is 0 Å². The van der Waals surface area contributed by atoms with Gasteiger partial charge in [0.15, 0.2) is 0 Å². The van der Waals surface area contributed by atoms with Crippen LogP contribution < -0.4 is 5.32 Å². The predicted octanol–water partition coefficient (Wildman–Crippen LogP) is 2.49. The Morgan fingerprint density at radius 2 is 2.00 bits per heavy atom. The molecule has 0 saturated heterocycles. The van der Waals surface area contributed by atoms with E-state index in [1.54, 1.807) is 11.3 Å². The molecule has 0 aliphatic heterocycles. The maximum atomic E-state index is 8.95. The number of thiazole rings is 1. The average Bonchev–Trinajstić information content (AvgIpc) is 2.90. The number of nitrogens with one attached hydrogen (secondary N) is 1. The summed E-state index contributed by atoms with van der Waals surface area (Å²) in [5, 5.41) is 15.5. The highest BCUT2D eigenvalue weighted by Crippen LogP contribution is 2.15. The fourth-order valence-electron chi connectivity index (χ4n) is 1.57. The highest BCUT2D eigenvalue weighted by molar-refractivity contribution is 7.09. The molecule has 2 N–H and O–H groups in total. The van der Waals surface area contributed by atoms with E-state index < -0.39 is 0 Å².